The van der Waals surface area contributed by atoms with Crippen LogP contribution in [0, 0.1) is 0 Å². The molecule has 0 unspecified atom stereocenters. The van der Waals surface area contributed by atoms with E-state index in [2.05, 4.69) is 5.32 Å². The van der Waals surface area contributed by atoms with Crippen molar-refractivity contribution in [2.24, 2.45) is 0 Å². The summed E-state index contributed by atoms with van der Waals surface area (Å²) in [6.45, 7) is 1.35. The van der Waals surface area contributed by atoms with Crippen molar-refractivity contribution in [1.82, 2.24) is 0 Å². The van der Waals surface area contributed by atoms with Gasteiger partial charge in [-0.05, 0) is 12.1 Å². The summed E-state index contributed by atoms with van der Waals surface area (Å²) in [5.41, 5.74) is 6.00. The van der Waals surface area contributed by atoms with Crippen LogP contribution in [0.15, 0.2) is 35.2 Å². The lowest BCUT2D eigenvalue weighted by molar-refractivity contribution is -0.114. The van der Waals surface area contributed by atoms with Crippen LogP contribution < -0.4 is 11.1 Å². The fraction of sp³-hybridized carbons (Fsp3) is 0.0833. The number of fused-ring (bicyclic) bond motifs is 1. The Kier molecular flexibility index (Phi) is 3.17. The zero-order valence-electron chi connectivity index (χ0n) is 10.0. The first-order chi connectivity index (χ1) is 8.80. The number of benzene rings is 2. The molecule has 7 heteroatoms. The van der Waals surface area contributed by atoms with E-state index in [9.17, 15) is 17.8 Å². The highest BCUT2D eigenvalue weighted by atomic mass is 32.2. The third-order valence-corrected chi connectivity index (χ3v) is 3.58. The van der Waals surface area contributed by atoms with Crippen molar-refractivity contribution in [2.45, 2.75) is 11.8 Å². The maximum Gasteiger partial charge on any atom is 0.297 e. The second-order valence-electron chi connectivity index (χ2n) is 4.04. The van der Waals surface area contributed by atoms with Crippen molar-refractivity contribution in [3.8, 4) is 0 Å². The Morgan fingerprint density at radius 2 is 1.89 bits per heavy atom. The predicted octanol–water partition coefficient (Wildman–Crippen LogP) is 1.63. The van der Waals surface area contributed by atoms with Crippen LogP contribution in [0.3, 0.4) is 0 Å². The summed E-state index contributed by atoms with van der Waals surface area (Å²) in [7, 11) is -4.44. The van der Waals surface area contributed by atoms with Gasteiger partial charge in [-0.25, -0.2) is 0 Å². The summed E-state index contributed by atoms with van der Waals surface area (Å²) < 4.78 is 32.0. The molecule has 6 nitrogen and oxygen atoms in total. The largest absolute Gasteiger partial charge is 0.398 e. The second kappa shape index (κ2) is 4.52. The van der Waals surface area contributed by atoms with Crippen LogP contribution in [-0.4, -0.2) is 18.9 Å². The van der Waals surface area contributed by atoms with Gasteiger partial charge in [0.05, 0.1) is 5.69 Å². The fourth-order valence-electron chi connectivity index (χ4n) is 1.93. The van der Waals surface area contributed by atoms with E-state index in [0.717, 1.165) is 0 Å². The van der Waals surface area contributed by atoms with E-state index in [1.165, 1.54) is 19.1 Å². The predicted molar refractivity (Wildman–Crippen MR) is 72.5 cm³/mol. The van der Waals surface area contributed by atoms with Crippen molar-refractivity contribution in [3.05, 3.63) is 30.3 Å². The van der Waals surface area contributed by atoms with Crippen LogP contribution in [0.25, 0.3) is 10.8 Å². The van der Waals surface area contributed by atoms with Crippen molar-refractivity contribution in [2.75, 3.05) is 11.1 Å². The number of hydrogen-bond acceptors (Lipinski definition) is 4. The molecule has 0 fully saturated rings. The molecule has 0 aliphatic carbocycles. The molecule has 4 N–H and O–H groups in total. The second-order valence-corrected chi connectivity index (χ2v) is 5.40. The molecule has 0 saturated heterocycles. The Hall–Kier alpha value is -2.12. The minimum absolute atomic E-state index is 0.0463. The molecule has 0 saturated carbocycles. The van der Waals surface area contributed by atoms with Gasteiger partial charge in [0.2, 0.25) is 5.91 Å². The topological polar surface area (TPSA) is 109 Å². The highest BCUT2D eigenvalue weighted by Gasteiger charge is 2.19. The van der Waals surface area contributed by atoms with Crippen LogP contribution >= 0.6 is 0 Å². The number of rotatable bonds is 2. The molecule has 100 valence electrons. The molecule has 19 heavy (non-hydrogen) atoms. The molecule has 0 aromatic heterocycles. The van der Waals surface area contributed by atoms with Gasteiger partial charge in [0, 0.05) is 23.4 Å². The molecule has 0 aliphatic heterocycles. The lowest BCUT2D eigenvalue weighted by Gasteiger charge is -2.11. The Bertz CT molecular complexity index is 769. The number of nitrogen functional groups attached to an aromatic ring is 1. The highest BCUT2D eigenvalue weighted by molar-refractivity contribution is 7.86. The van der Waals surface area contributed by atoms with Crippen LogP contribution in [-0.2, 0) is 14.9 Å². The number of nitrogens with one attached hydrogen (secondary N) is 1. The third-order valence-electron chi connectivity index (χ3n) is 2.61. The van der Waals surface area contributed by atoms with Crippen molar-refractivity contribution < 1.29 is 17.8 Å². The molecule has 2 aromatic rings. The summed E-state index contributed by atoms with van der Waals surface area (Å²) in [6.07, 6.45) is 0. The van der Waals surface area contributed by atoms with E-state index in [1.54, 1.807) is 18.2 Å². The third kappa shape index (κ3) is 2.51. The molecular formula is C12H12N2O4S. The highest BCUT2D eigenvalue weighted by Crippen LogP contribution is 2.32. The monoisotopic (exact) mass is 280 g/mol. The van der Waals surface area contributed by atoms with Gasteiger partial charge in [0.25, 0.3) is 10.1 Å². The standard InChI is InChI=1S/C12H12N2O4S/c1-7(15)14-11-4-2-3-9-8(11)5-6-10(13)12(9)19(16,17)18/h2-6H,13H2,1H3,(H,14,15)(H,16,17,18). The van der Waals surface area contributed by atoms with Crippen LogP contribution in [0.2, 0.25) is 0 Å². The number of carbonyl (C=O) groups excluding carboxylic acids is 1. The zero-order chi connectivity index (χ0) is 14.2. The van der Waals surface area contributed by atoms with Gasteiger partial charge >= 0.3 is 0 Å². The van der Waals surface area contributed by atoms with Gasteiger partial charge in [-0.1, -0.05) is 18.2 Å². The van der Waals surface area contributed by atoms with Crippen molar-refractivity contribution in [1.29, 1.82) is 0 Å². The minimum Gasteiger partial charge on any atom is -0.398 e. The Labute approximate surface area is 110 Å². The molecule has 2 aromatic carbocycles. The average molecular weight is 280 g/mol. The van der Waals surface area contributed by atoms with Gasteiger partial charge in [0.1, 0.15) is 4.90 Å². The Balaban J connectivity index is 2.85. The maximum absolute atomic E-state index is 11.4. The number of nitrogens with two attached hydrogens (primary N) is 1. The lowest BCUT2D eigenvalue weighted by atomic mass is 10.1. The van der Waals surface area contributed by atoms with Crippen LogP contribution in [0.5, 0.6) is 0 Å². The first-order valence-corrected chi connectivity index (χ1v) is 6.81. The van der Waals surface area contributed by atoms with Crippen molar-refractivity contribution >= 4 is 38.2 Å². The quantitative estimate of drug-likeness (QED) is 0.572. The summed E-state index contributed by atoms with van der Waals surface area (Å²) >= 11 is 0. The van der Waals surface area contributed by atoms with Gasteiger partial charge < -0.3 is 11.1 Å². The summed E-state index contributed by atoms with van der Waals surface area (Å²) in [4.78, 5) is 10.8. The van der Waals surface area contributed by atoms with Gasteiger partial charge in [-0.2, -0.15) is 8.42 Å². The number of carbonyl (C=O) groups is 1. The molecule has 0 heterocycles. The Morgan fingerprint density at radius 3 is 2.47 bits per heavy atom. The van der Waals surface area contributed by atoms with Gasteiger partial charge in [-0.15, -0.1) is 0 Å². The summed E-state index contributed by atoms with van der Waals surface area (Å²) in [5.74, 6) is -0.280. The van der Waals surface area contributed by atoms with Gasteiger partial charge in [0.15, 0.2) is 0 Å². The van der Waals surface area contributed by atoms with Crippen molar-refractivity contribution in [3.63, 3.8) is 0 Å². The number of anilines is 2. The smallest absolute Gasteiger partial charge is 0.297 e. The fourth-order valence-corrected chi connectivity index (χ4v) is 2.76. The first kappa shape index (κ1) is 13.3. The van der Waals surface area contributed by atoms with E-state index in [0.29, 0.717) is 11.1 Å². The van der Waals surface area contributed by atoms with Crippen LogP contribution in [0.4, 0.5) is 11.4 Å². The first-order valence-electron chi connectivity index (χ1n) is 5.37. The molecule has 0 spiro atoms. The molecule has 2 rings (SSSR count). The van der Waals surface area contributed by atoms with E-state index in [-0.39, 0.29) is 21.9 Å². The SMILES string of the molecule is CC(=O)Nc1cccc2c(S(=O)(=O)O)c(N)ccc12. The molecule has 0 aliphatic rings. The summed E-state index contributed by atoms with van der Waals surface area (Å²) in [5, 5.41) is 3.33. The average Bonchev–Trinajstić information content (AvgIpc) is 2.26. The molecular weight excluding hydrogens is 268 g/mol. The van der Waals surface area contributed by atoms with E-state index in [4.69, 9.17) is 5.73 Å². The summed E-state index contributed by atoms with van der Waals surface area (Å²) in [6, 6.07) is 7.68. The van der Waals surface area contributed by atoms with E-state index >= 15 is 0 Å². The van der Waals surface area contributed by atoms with Crippen LogP contribution in [0.1, 0.15) is 6.92 Å². The van der Waals surface area contributed by atoms with E-state index in [1.807, 2.05) is 0 Å². The number of amides is 1. The number of hydrogen-bond donors (Lipinski definition) is 3. The zero-order valence-corrected chi connectivity index (χ0v) is 10.9. The van der Waals surface area contributed by atoms with E-state index < -0.39 is 10.1 Å². The maximum atomic E-state index is 11.4. The molecule has 0 bridgehead atoms. The molecule has 1 amide bonds. The molecule has 0 atom stereocenters. The lowest BCUT2D eigenvalue weighted by Crippen LogP contribution is -2.08. The molecule has 0 radical (unpaired) electrons. The minimum atomic E-state index is -4.44. The van der Waals surface area contributed by atoms with Gasteiger partial charge in [-0.3, -0.25) is 9.35 Å². The Morgan fingerprint density at radius 1 is 1.21 bits per heavy atom. The normalized spacial score (nSPS) is 11.5.